The normalized spacial score (nSPS) is 16.1. The van der Waals surface area contributed by atoms with E-state index in [1.54, 1.807) is 12.1 Å². The Hall–Kier alpha value is -1.83. The Morgan fingerprint density at radius 1 is 1.05 bits per heavy atom. The molecule has 2 heteroatoms. The summed E-state index contributed by atoms with van der Waals surface area (Å²) in [5.41, 5.74) is 3.10. The highest BCUT2D eigenvalue weighted by Crippen LogP contribution is 2.43. The first-order valence-corrected chi connectivity index (χ1v) is 6.81. The van der Waals surface area contributed by atoms with E-state index in [4.69, 9.17) is 0 Å². The summed E-state index contributed by atoms with van der Waals surface area (Å²) in [7, 11) is 0. The first-order valence-electron chi connectivity index (χ1n) is 6.81. The number of hydrogen-bond acceptors (Lipinski definition) is 1. The highest BCUT2D eigenvalue weighted by molar-refractivity contribution is 5.47. The van der Waals surface area contributed by atoms with E-state index >= 15 is 0 Å². The van der Waals surface area contributed by atoms with Crippen molar-refractivity contribution in [3.05, 3.63) is 65.5 Å². The molecule has 0 spiro atoms. The molecule has 19 heavy (non-hydrogen) atoms. The van der Waals surface area contributed by atoms with Crippen molar-refractivity contribution < 1.29 is 4.39 Å². The van der Waals surface area contributed by atoms with E-state index in [1.165, 1.54) is 30.0 Å². The molecular formula is C17H18FN. The molecule has 0 heterocycles. The molecule has 0 bridgehead atoms. The Bertz CT molecular complexity index is 558. The lowest BCUT2D eigenvalue weighted by atomic mass is 10.0. The lowest BCUT2D eigenvalue weighted by Gasteiger charge is -2.20. The van der Waals surface area contributed by atoms with Crippen molar-refractivity contribution in [1.82, 2.24) is 0 Å². The summed E-state index contributed by atoms with van der Waals surface area (Å²) in [5.74, 6) is 0.447. The number of hydrogen-bond donors (Lipinski definition) is 1. The maximum atomic E-state index is 13.8. The van der Waals surface area contributed by atoms with Gasteiger partial charge < -0.3 is 5.32 Å². The van der Waals surface area contributed by atoms with Crippen molar-refractivity contribution in [2.45, 2.75) is 25.8 Å². The predicted octanol–water partition coefficient (Wildman–Crippen LogP) is 4.70. The summed E-state index contributed by atoms with van der Waals surface area (Å²) in [6.07, 6.45) is 2.44. The van der Waals surface area contributed by atoms with Gasteiger partial charge >= 0.3 is 0 Å². The molecule has 98 valence electrons. The minimum Gasteiger partial charge on any atom is -0.376 e. The van der Waals surface area contributed by atoms with Gasteiger partial charge in [-0.3, -0.25) is 0 Å². The van der Waals surface area contributed by atoms with E-state index in [2.05, 4.69) is 36.5 Å². The molecular weight excluding hydrogens is 237 g/mol. The van der Waals surface area contributed by atoms with Crippen LogP contribution in [0.4, 0.5) is 10.1 Å². The Labute approximate surface area is 113 Å². The summed E-state index contributed by atoms with van der Waals surface area (Å²) < 4.78 is 13.8. The molecule has 1 aliphatic carbocycles. The molecule has 0 aromatic heterocycles. The van der Waals surface area contributed by atoms with Gasteiger partial charge in [-0.05, 0) is 43.4 Å². The third kappa shape index (κ3) is 2.78. The molecule has 1 nitrogen and oxygen atoms in total. The van der Waals surface area contributed by atoms with E-state index in [0.717, 1.165) is 0 Å². The van der Waals surface area contributed by atoms with E-state index in [0.29, 0.717) is 11.6 Å². The Morgan fingerprint density at radius 3 is 2.37 bits per heavy atom. The topological polar surface area (TPSA) is 12.0 Å². The van der Waals surface area contributed by atoms with Crippen molar-refractivity contribution in [3.63, 3.8) is 0 Å². The number of para-hydroxylation sites is 1. The van der Waals surface area contributed by atoms with Gasteiger partial charge in [-0.1, -0.05) is 42.0 Å². The Morgan fingerprint density at radius 2 is 1.74 bits per heavy atom. The maximum absolute atomic E-state index is 13.8. The van der Waals surface area contributed by atoms with Gasteiger partial charge in [0.15, 0.2) is 0 Å². The fraction of sp³-hybridized carbons (Fsp3) is 0.294. The number of halogens is 1. The average molecular weight is 255 g/mol. The van der Waals surface area contributed by atoms with Gasteiger partial charge in [0.1, 0.15) is 5.82 Å². The third-order valence-corrected chi connectivity index (χ3v) is 3.71. The van der Waals surface area contributed by atoms with Gasteiger partial charge in [0.2, 0.25) is 0 Å². The molecule has 1 saturated carbocycles. The van der Waals surface area contributed by atoms with Crippen LogP contribution in [-0.2, 0) is 0 Å². The molecule has 1 atom stereocenters. The fourth-order valence-corrected chi connectivity index (χ4v) is 2.42. The second-order valence-electron chi connectivity index (χ2n) is 5.35. The lowest BCUT2D eigenvalue weighted by molar-refractivity contribution is 0.616. The van der Waals surface area contributed by atoms with Crippen molar-refractivity contribution in [3.8, 4) is 0 Å². The number of anilines is 1. The molecule has 2 aromatic carbocycles. The van der Waals surface area contributed by atoms with E-state index in [1.807, 2.05) is 6.07 Å². The standard InChI is InChI=1S/C17H18FN/c1-12-6-8-13(9-7-12)17(14-10-11-14)19-16-5-3-2-4-15(16)18/h2-9,14,17,19H,10-11H2,1H3. The van der Waals surface area contributed by atoms with Gasteiger partial charge in [-0.2, -0.15) is 0 Å². The fourth-order valence-electron chi connectivity index (χ4n) is 2.42. The van der Waals surface area contributed by atoms with Crippen LogP contribution in [0.2, 0.25) is 0 Å². The minimum absolute atomic E-state index is 0.180. The second kappa shape index (κ2) is 5.04. The van der Waals surface area contributed by atoms with Crippen LogP contribution in [0.1, 0.15) is 30.0 Å². The lowest BCUT2D eigenvalue weighted by Crippen LogP contribution is -2.13. The minimum atomic E-state index is -0.180. The van der Waals surface area contributed by atoms with Crippen LogP contribution in [0.25, 0.3) is 0 Å². The molecule has 0 radical (unpaired) electrons. The highest BCUT2D eigenvalue weighted by Gasteiger charge is 2.32. The smallest absolute Gasteiger partial charge is 0.146 e. The van der Waals surface area contributed by atoms with Crippen LogP contribution in [0.5, 0.6) is 0 Å². The zero-order chi connectivity index (χ0) is 13.2. The number of rotatable bonds is 4. The summed E-state index contributed by atoms with van der Waals surface area (Å²) in [6.45, 7) is 2.08. The zero-order valence-corrected chi connectivity index (χ0v) is 11.1. The molecule has 1 unspecified atom stereocenters. The van der Waals surface area contributed by atoms with E-state index < -0.39 is 0 Å². The van der Waals surface area contributed by atoms with Crippen molar-refractivity contribution in [2.75, 3.05) is 5.32 Å². The number of benzene rings is 2. The van der Waals surface area contributed by atoms with Gasteiger partial charge in [-0.15, -0.1) is 0 Å². The zero-order valence-electron chi connectivity index (χ0n) is 11.1. The van der Waals surface area contributed by atoms with Crippen molar-refractivity contribution in [2.24, 2.45) is 5.92 Å². The molecule has 2 aromatic rings. The number of aryl methyl sites for hydroxylation is 1. The first kappa shape index (κ1) is 12.2. The maximum Gasteiger partial charge on any atom is 0.146 e. The molecule has 1 N–H and O–H groups in total. The second-order valence-corrected chi connectivity index (χ2v) is 5.35. The van der Waals surface area contributed by atoms with Crippen LogP contribution in [0, 0.1) is 18.7 Å². The van der Waals surface area contributed by atoms with Gasteiger partial charge in [0.25, 0.3) is 0 Å². The largest absolute Gasteiger partial charge is 0.376 e. The predicted molar refractivity (Wildman–Crippen MR) is 76.7 cm³/mol. The third-order valence-electron chi connectivity index (χ3n) is 3.71. The van der Waals surface area contributed by atoms with Gasteiger partial charge in [-0.25, -0.2) is 4.39 Å². The van der Waals surface area contributed by atoms with E-state index in [-0.39, 0.29) is 11.9 Å². The van der Waals surface area contributed by atoms with Crippen LogP contribution in [-0.4, -0.2) is 0 Å². The highest BCUT2D eigenvalue weighted by atomic mass is 19.1. The van der Waals surface area contributed by atoms with Crippen LogP contribution in [0.15, 0.2) is 48.5 Å². The van der Waals surface area contributed by atoms with Crippen molar-refractivity contribution in [1.29, 1.82) is 0 Å². The van der Waals surface area contributed by atoms with Crippen molar-refractivity contribution >= 4 is 5.69 Å². The SMILES string of the molecule is Cc1ccc(C(Nc2ccccc2F)C2CC2)cc1. The Balaban J connectivity index is 1.86. The molecule has 1 aliphatic rings. The molecule has 0 saturated heterocycles. The molecule has 3 rings (SSSR count). The molecule has 1 fully saturated rings. The monoisotopic (exact) mass is 255 g/mol. The number of nitrogens with one attached hydrogen (secondary N) is 1. The summed E-state index contributed by atoms with van der Waals surface area (Å²) in [4.78, 5) is 0. The quantitative estimate of drug-likeness (QED) is 0.835. The van der Waals surface area contributed by atoms with Crippen LogP contribution >= 0.6 is 0 Å². The molecule has 0 aliphatic heterocycles. The Kier molecular flexibility index (Phi) is 3.24. The summed E-state index contributed by atoms with van der Waals surface area (Å²) in [6, 6.07) is 15.6. The van der Waals surface area contributed by atoms with E-state index in [9.17, 15) is 4.39 Å². The van der Waals surface area contributed by atoms with Gasteiger partial charge in [0.05, 0.1) is 11.7 Å². The van der Waals surface area contributed by atoms with Crippen LogP contribution < -0.4 is 5.32 Å². The summed E-state index contributed by atoms with van der Waals surface area (Å²) >= 11 is 0. The first-order chi connectivity index (χ1) is 9.24. The summed E-state index contributed by atoms with van der Waals surface area (Å²) in [5, 5.41) is 3.37. The molecule has 0 amide bonds. The van der Waals surface area contributed by atoms with Crippen LogP contribution in [0.3, 0.4) is 0 Å². The average Bonchev–Trinajstić information content (AvgIpc) is 3.24. The van der Waals surface area contributed by atoms with Gasteiger partial charge in [0, 0.05) is 0 Å².